The van der Waals surface area contributed by atoms with E-state index < -0.39 is 0 Å². The molecule has 2 aromatic heterocycles. The molecule has 1 aliphatic carbocycles. The summed E-state index contributed by atoms with van der Waals surface area (Å²) in [5, 5.41) is 3.59. The molecule has 6 aromatic carbocycles. The number of thiophene rings is 2. The zero-order chi connectivity index (χ0) is 55.5. The number of imide groups is 2. The minimum atomic E-state index is -0.174. The highest BCUT2D eigenvalue weighted by molar-refractivity contribution is 7.16. The molecule has 0 N–H and O–H groups in total. The van der Waals surface area contributed by atoms with Gasteiger partial charge in [0.2, 0.25) is 0 Å². The van der Waals surface area contributed by atoms with Crippen LogP contribution in [0.25, 0.3) is 53.6 Å². The van der Waals surface area contributed by atoms with E-state index in [0.717, 1.165) is 137 Å². The summed E-state index contributed by atoms with van der Waals surface area (Å²) in [6.45, 7) is 18.7. The van der Waals surface area contributed by atoms with Gasteiger partial charge in [-0.1, -0.05) is 99.5 Å². The number of aryl methyl sites for hydroxylation is 2. The molecule has 12 heteroatoms. The molecule has 5 aliphatic rings. The monoisotopic (exact) mass is 1110 g/mol. The van der Waals surface area contributed by atoms with Gasteiger partial charge in [-0.05, 0) is 139 Å². The molecule has 0 radical (unpaired) electrons. The Hall–Kier alpha value is -7.22. The van der Waals surface area contributed by atoms with Crippen molar-refractivity contribution in [3.05, 3.63) is 176 Å². The fraction of sp³-hybridized carbons (Fsp3) is 0.333. The van der Waals surface area contributed by atoms with Crippen LogP contribution in [-0.4, -0.2) is 109 Å². The van der Waals surface area contributed by atoms with Crippen LogP contribution in [0.2, 0.25) is 0 Å². The second-order valence-electron chi connectivity index (χ2n) is 22.8. The number of amides is 4. The molecule has 0 atom stereocenters. The lowest BCUT2D eigenvalue weighted by molar-refractivity contribution is 0.0593. The molecular formula is C69H70N6O4S2. The van der Waals surface area contributed by atoms with E-state index in [1.807, 2.05) is 59.1 Å². The van der Waals surface area contributed by atoms with Crippen molar-refractivity contribution in [3.8, 4) is 20.9 Å². The predicted octanol–water partition coefficient (Wildman–Crippen LogP) is 14.6. The summed E-state index contributed by atoms with van der Waals surface area (Å²) >= 11 is 3.82. The Morgan fingerprint density at radius 2 is 0.815 bits per heavy atom. The molecule has 81 heavy (non-hydrogen) atoms. The van der Waals surface area contributed by atoms with Crippen molar-refractivity contribution in [2.24, 2.45) is 0 Å². The fourth-order valence-corrected chi connectivity index (χ4v) is 15.5. The van der Waals surface area contributed by atoms with Crippen molar-refractivity contribution in [3.63, 3.8) is 0 Å². The van der Waals surface area contributed by atoms with Crippen molar-refractivity contribution in [1.29, 1.82) is 0 Å². The Morgan fingerprint density at radius 1 is 0.432 bits per heavy atom. The highest BCUT2D eigenvalue weighted by Gasteiger charge is 2.36. The van der Waals surface area contributed by atoms with Crippen LogP contribution >= 0.6 is 22.7 Å². The predicted molar refractivity (Wildman–Crippen MR) is 333 cm³/mol. The molecule has 0 unspecified atom stereocenters. The Bertz CT molecular complexity index is 3530. The van der Waals surface area contributed by atoms with Crippen LogP contribution in [0.3, 0.4) is 0 Å². The highest BCUT2D eigenvalue weighted by Crippen LogP contribution is 2.48. The molecule has 2 fully saturated rings. The summed E-state index contributed by atoms with van der Waals surface area (Å²) in [5.41, 5.74) is 15.8. The smallest absolute Gasteiger partial charge is 0.261 e. The molecule has 4 aliphatic heterocycles. The highest BCUT2D eigenvalue weighted by atomic mass is 32.1. The first-order chi connectivity index (χ1) is 39.5. The van der Waals surface area contributed by atoms with E-state index in [1.165, 1.54) is 80.3 Å². The molecule has 0 spiro atoms. The average Bonchev–Trinajstić information content (AvgIpc) is 4.45. The Balaban J connectivity index is 0.628. The number of anilines is 2. The number of hydrogen-bond acceptors (Lipinski definition) is 10. The quantitative estimate of drug-likeness (QED) is 0.0885. The molecule has 0 saturated carbocycles. The first kappa shape index (κ1) is 53.1. The van der Waals surface area contributed by atoms with Gasteiger partial charge in [-0.2, -0.15) is 0 Å². The second-order valence-corrected chi connectivity index (χ2v) is 25.4. The van der Waals surface area contributed by atoms with Gasteiger partial charge in [-0.3, -0.25) is 38.8 Å². The van der Waals surface area contributed by atoms with Gasteiger partial charge in [0.05, 0.1) is 0 Å². The maximum absolute atomic E-state index is 13.5. The van der Waals surface area contributed by atoms with E-state index in [1.54, 1.807) is 0 Å². The Kier molecular flexibility index (Phi) is 14.6. The number of carbonyl (C=O) groups excluding carboxylic acids is 4. The first-order valence-corrected chi connectivity index (χ1v) is 31.1. The normalized spacial score (nSPS) is 17.1. The van der Waals surface area contributed by atoms with E-state index in [2.05, 4.69) is 132 Å². The molecule has 2 saturated heterocycles. The van der Waals surface area contributed by atoms with Crippen molar-refractivity contribution >= 4 is 90.4 Å². The largest absolute Gasteiger partial charge is 0.368 e. The van der Waals surface area contributed by atoms with E-state index in [0.29, 0.717) is 35.3 Å². The first-order valence-electron chi connectivity index (χ1n) is 29.5. The van der Waals surface area contributed by atoms with Gasteiger partial charge in [-0.25, -0.2) is 0 Å². The number of benzene rings is 6. The molecule has 13 rings (SSSR count). The van der Waals surface area contributed by atoms with Crippen molar-refractivity contribution in [2.75, 3.05) is 75.2 Å². The van der Waals surface area contributed by atoms with Gasteiger partial charge in [0.15, 0.2) is 0 Å². The summed E-state index contributed by atoms with van der Waals surface area (Å²) in [5.74, 6) is -0.695. The van der Waals surface area contributed by atoms with Gasteiger partial charge in [0.25, 0.3) is 23.6 Å². The van der Waals surface area contributed by atoms with Gasteiger partial charge < -0.3 is 9.80 Å². The molecule has 0 bridgehead atoms. The fourth-order valence-electron chi connectivity index (χ4n) is 13.4. The number of piperazine rings is 2. The van der Waals surface area contributed by atoms with E-state index in [4.69, 9.17) is 0 Å². The molecule has 10 nitrogen and oxygen atoms in total. The molecular weight excluding hydrogens is 1040 g/mol. The third kappa shape index (κ3) is 9.81. The molecule has 4 amide bonds. The molecule has 6 heterocycles. The van der Waals surface area contributed by atoms with Crippen molar-refractivity contribution < 1.29 is 19.2 Å². The summed E-state index contributed by atoms with van der Waals surface area (Å²) in [4.78, 5) is 72.2. The standard InChI is InChI=1S/C69H70N6O4S2/c1-5-7-30-74-66(76)54-16-10-14-52-60(28-26-56(64(52)54)68(74)78)72-36-32-70(33-37-72)42-46-18-22-48(23-19-46)62-40-58(44(3)80-62)50-12-9-13-51(50)59-41-63(81-45(59)4)49-24-20-47(21-25-49)43-71-34-38-73(39-35-71)61-29-27-57-65-53(61)15-11-17-55(65)67(77)75(69(57)79)31-8-6-2/h10-11,14-29,40-41H,5-9,12-13,30-39,42-43H2,1-4H3. The van der Waals surface area contributed by atoms with Gasteiger partial charge in [-0.15, -0.1) is 22.7 Å². The topological polar surface area (TPSA) is 87.7 Å². The molecule has 8 aromatic rings. The average molecular weight is 1110 g/mol. The van der Waals surface area contributed by atoms with Gasteiger partial charge >= 0.3 is 0 Å². The van der Waals surface area contributed by atoms with Crippen LogP contribution in [0.4, 0.5) is 11.4 Å². The zero-order valence-corrected chi connectivity index (χ0v) is 48.7. The number of rotatable bonds is 16. The van der Waals surface area contributed by atoms with E-state index >= 15 is 0 Å². The third-order valence-electron chi connectivity index (χ3n) is 17.8. The van der Waals surface area contributed by atoms with Crippen molar-refractivity contribution in [2.45, 2.75) is 85.7 Å². The van der Waals surface area contributed by atoms with Crippen LogP contribution in [0.5, 0.6) is 0 Å². The summed E-state index contributed by atoms with van der Waals surface area (Å²) in [7, 11) is 0. The minimum absolute atomic E-state index is 0.174. The number of allylic oxidation sites excluding steroid dienone is 2. The summed E-state index contributed by atoms with van der Waals surface area (Å²) in [6.07, 6.45) is 6.86. The summed E-state index contributed by atoms with van der Waals surface area (Å²) in [6, 6.07) is 43.2. The Morgan fingerprint density at radius 3 is 1.20 bits per heavy atom. The lowest BCUT2D eigenvalue weighted by atomic mass is 9.92. The van der Waals surface area contributed by atoms with Gasteiger partial charge in [0.1, 0.15) is 0 Å². The SMILES string of the molecule is CCCCN1C(=O)c2cccc3c(N4CCN(Cc5ccc(-c6cc(C7=C(c8cc(-c9ccc(CN%10CCN(c%11ccc%12c%13c(cccc%11%13)C(=O)N(CCCC)C%12=O)CC%10)cc9)sc8C)CCC7)c(C)s6)cc5)CC4)ccc(c23)C1=O. The van der Waals surface area contributed by atoms with Gasteiger partial charge in [0, 0.05) is 153 Å². The molecule has 412 valence electrons. The van der Waals surface area contributed by atoms with Crippen LogP contribution in [0.15, 0.2) is 121 Å². The van der Waals surface area contributed by atoms with Crippen LogP contribution in [-0.2, 0) is 13.1 Å². The van der Waals surface area contributed by atoms with Crippen molar-refractivity contribution in [1.82, 2.24) is 19.6 Å². The van der Waals surface area contributed by atoms with Crippen LogP contribution in [0, 0.1) is 13.8 Å². The maximum Gasteiger partial charge on any atom is 0.261 e. The lowest BCUT2D eigenvalue weighted by Gasteiger charge is -2.37. The zero-order valence-electron chi connectivity index (χ0n) is 47.1. The lowest BCUT2D eigenvalue weighted by Crippen LogP contribution is -2.46. The second kappa shape index (κ2) is 22.3. The maximum atomic E-state index is 13.5. The number of unbranched alkanes of at least 4 members (excludes halogenated alkanes) is 2. The van der Waals surface area contributed by atoms with Crippen LogP contribution in [0.1, 0.15) is 132 Å². The van der Waals surface area contributed by atoms with E-state index in [9.17, 15) is 19.2 Å². The van der Waals surface area contributed by atoms with Crippen LogP contribution < -0.4 is 9.80 Å². The number of hydrogen-bond donors (Lipinski definition) is 0. The Labute approximate surface area is 483 Å². The number of nitrogens with zero attached hydrogens (tertiary/aromatic N) is 6. The third-order valence-corrected chi connectivity index (χ3v) is 20.0. The summed E-state index contributed by atoms with van der Waals surface area (Å²) < 4.78 is 0. The minimum Gasteiger partial charge on any atom is -0.368 e. The number of carbonyl (C=O) groups is 4. The van der Waals surface area contributed by atoms with E-state index in [-0.39, 0.29) is 23.6 Å².